The molecule has 7 heteroatoms. The molecule has 0 aliphatic carbocycles. The second-order valence-electron chi connectivity index (χ2n) is 12.0. The number of unbranched alkanes of at least 4 members (excludes halogenated alkanes) is 14. The Morgan fingerprint density at radius 3 is 1.48 bits per heavy atom. The second-order valence-corrected chi connectivity index (χ2v) is 12.0. The van der Waals surface area contributed by atoms with Crippen LogP contribution in [0.4, 0.5) is 13.2 Å². The largest absolute Gasteiger partial charge is 0.494 e. The molecule has 0 heterocycles. The van der Waals surface area contributed by atoms with Crippen LogP contribution in [0.5, 0.6) is 17.2 Å². The molecule has 0 aliphatic heterocycles. The lowest BCUT2D eigenvalue weighted by atomic mass is 10.0. The smallest absolute Gasteiger partial charge is 0.343 e. The van der Waals surface area contributed by atoms with E-state index in [0.717, 1.165) is 48.6 Å². The molecule has 0 atom stereocenters. The molecule has 3 aromatic rings. The van der Waals surface area contributed by atoms with Gasteiger partial charge in [0.15, 0.2) is 11.5 Å². The highest BCUT2D eigenvalue weighted by atomic mass is 19.2. The van der Waals surface area contributed by atoms with Crippen molar-refractivity contribution < 1.29 is 32.2 Å². The molecule has 0 saturated heterocycles. The highest BCUT2D eigenvalue weighted by Crippen LogP contribution is 2.31. The molecule has 0 aliphatic rings. The monoisotopic (exact) mass is 640 g/mol. The topological polar surface area (TPSA) is 44.8 Å². The standard InChI is InChI=1S/C39H51F3O4/c1-3-5-7-9-11-13-15-17-27-44-33-25-23-31(24-26-33)30-19-21-32(22-20-30)39(43)46-35-29-34(36(40)38(42)37(35)41)45-28-18-16-14-12-10-8-6-4-2/h19-26,29H,3-18,27-28H2,1-2H3. The van der Waals surface area contributed by atoms with Crippen LogP contribution in [0.1, 0.15) is 127 Å². The Morgan fingerprint density at radius 1 is 0.522 bits per heavy atom. The van der Waals surface area contributed by atoms with E-state index in [1.165, 1.54) is 70.6 Å². The van der Waals surface area contributed by atoms with Crippen LogP contribution in [-0.2, 0) is 0 Å². The van der Waals surface area contributed by atoms with Crippen LogP contribution in [0.3, 0.4) is 0 Å². The zero-order valence-corrected chi connectivity index (χ0v) is 27.7. The molecular weight excluding hydrogens is 589 g/mol. The Hall–Kier alpha value is -3.48. The first-order chi connectivity index (χ1) is 22.4. The summed E-state index contributed by atoms with van der Waals surface area (Å²) in [5, 5.41) is 0. The van der Waals surface area contributed by atoms with Gasteiger partial charge in [-0.25, -0.2) is 9.18 Å². The first-order valence-corrected chi connectivity index (χ1v) is 17.3. The fraction of sp³-hybridized carbons (Fsp3) is 0.513. The van der Waals surface area contributed by atoms with Crippen molar-refractivity contribution in [2.75, 3.05) is 13.2 Å². The van der Waals surface area contributed by atoms with E-state index in [1.807, 2.05) is 24.3 Å². The van der Waals surface area contributed by atoms with Crippen molar-refractivity contribution in [3.8, 4) is 28.4 Å². The van der Waals surface area contributed by atoms with Gasteiger partial charge >= 0.3 is 5.97 Å². The number of hydrogen-bond acceptors (Lipinski definition) is 4. The normalized spacial score (nSPS) is 11.1. The van der Waals surface area contributed by atoms with Crippen molar-refractivity contribution in [2.45, 2.75) is 117 Å². The molecule has 3 aromatic carbocycles. The zero-order chi connectivity index (χ0) is 33.0. The summed E-state index contributed by atoms with van der Waals surface area (Å²) in [6.45, 7) is 5.25. The van der Waals surface area contributed by atoms with Crippen LogP contribution >= 0.6 is 0 Å². The molecular formula is C39H51F3O4. The predicted molar refractivity (Wildman–Crippen MR) is 179 cm³/mol. The number of halogens is 3. The number of rotatable bonds is 23. The zero-order valence-electron chi connectivity index (χ0n) is 27.7. The summed E-state index contributed by atoms with van der Waals surface area (Å²) in [5.41, 5.74) is 1.94. The van der Waals surface area contributed by atoms with Crippen LogP contribution in [0.2, 0.25) is 0 Å². The first kappa shape index (κ1) is 37.0. The van der Waals surface area contributed by atoms with Gasteiger partial charge in [-0.3, -0.25) is 0 Å². The van der Waals surface area contributed by atoms with Gasteiger partial charge in [0.2, 0.25) is 17.5 Å². The number of carbonyl (C=O) groups excluding carboxylic acids is 1. The van der Waals surface area contributed by atoms with E-state index >= 15 is 0 Å². The molecule has 0 amide bonds. The van der Waals surface area contributed by atoms with Gasteiger partial charge in [-0.1, -0.05) is 128 Å². The molecule has 0 saturated carbocycles. The van der Waals surface area contributed by atoms with E-state index in [9.17, 15) is 18.0 Å². The minimum Gasteiger partial charge on any atom is -0.494 e. The van der Waals surface area contributed by atoms with Crippen LogP contribution in [-0.4, -0.2) is 19.2 Å². The molecule has 0 radical (unpaired) electrons. The van der Waals surface area contributed by atoms with Crippen LogP contribution < -0.4 is 14.2 Å². The van der Waals surface area contributed by atoms with Gasteiger partial charge in [-0.15, -0.1) is 0 Å². The molecule has 0 N–H and O–H groups in total. The number of hydrogen-bond donors (Lipinski definition) is 0. The third-order valence-electron chi connectivity index (χ3n) is 8.11. The molecule has 0 bridgehead atoms. The lowest BCUT2D eigenvalue weighted by molar-refractivity contribution is 0.0725. The summed E-state index contributed by atoms with van der Waals surface area (Å²) >= 11 is 0. The lowest BCUT2D eigenvalue weighted by Crippen LogP contribution is -2.11. The van der Waals surface area contributed by atoms with Crippen molar-refractivity contribution in [1.82, 2.24) is 0 Å². The van der Waals surface area contributed by atoms with Gasteiger partial charge in [0.05, 0.1) is 18.8 Å². The van der Waals surface area contributed by atoms with Gasteiger partial charge in [0.1, 0.15) is 5.75 Å². The van der Waals surface area contributed by atoms with Gasteiger partial charge in [0.25, 0.3) is 0 Å². The Kier molecular flexibility index (Phi) is 17.2. The second kappa shape index (κ2) is 21.3. The molecule has 0 unspecified atom stereocenters. The third-order valence-corrected chi connectivity index (χ3v) is 8.11. The summed E-state index contributed by atoms with van der Waals surface area (Å²) < 4.78 is 59.5. The molecule has 4 nitrogen and oxygen atoms in total. The van der Waals surface area contributed by atoms with E-state index in [4.69, 9.17) is 14.2 Å². The Balaban J connectivity index is 1.46. The first-order valence-electron chi connectivity index (χ1n) is 17.3. The summed E-state index contributed by atoms with van der Waals surface area (Å²) in [5.74, 6) is -6.04. The van der Waals surface area contributed by atoms with Crippen molar-refractivity contribution in [1.29, 1.82) is 0 Å². The van der Waals surface area contributed by atoms with Gasteiger partial charge in [-0.2, -0.15) is 8.78 Å². The number of esters is 1. The lowest BCUT2D eigenvalue weighted by Gasteiger charge is -2.12. The van der Waals surface area contributed by atoms with Gasteiger partial charge < -0.3 is 14.2 Å². The van der Waals surface area contributed by atoms with E-state index in [1.54, 1.807) is 24.3 Å². The maximum atomic E-state index is 14.5. The van der Waals surface area contributed by atoms with Crippen LogP contribution in [0.25, 0.3) is 11.1 Å². The average Bonchev–Trinajstić information content (AvgIpc) is 3.08. The van der Waals surface area contributed by atoms with E-state index < -0.39 is 34.9 Å². The van der Waals surface area contributed by atoms with E-state index in [0.29, 0.717) is 13.0 Å². The summed E-state index contributed by atoms with van der Waals surface area (Å²) in [7, 11) is 0. The third kappa shape index (κ3) is 12.7. The average molecular weight is 641 g/mol. The molecule has 3 rings (SSSR count). The van der Waals surface area contributed by atoms with Crippen molar-refractivity contribution >= 4 is 5.97 Å². The van der Waals surface area contributed by atoms with Crippen LogP contribution in [0, 0.1) is 17.5 Å². The fourth-order valence-corrected chi connectivity index (χ4v) is 5.28. The van der Waals surface area contributed by atoms with Gasteiger partial charge in [0, 0.05) is 6.07 Å². The summed E-state index contributed by atoms with van der Waals surface area (Å²) in [6.07, 6.45) is 18.6. The summed E-state index contributed by atoms with van der Waals surface area (Å²) in [6, 6.07) is 15.2. The number of carbonyl (C=O) groups is 1. The quantitative estimate of drug-likeness (QED) is 0.0448. The van der Waals surface area contributed by atoms with E-state index in [2.05, 4.69) is 13.8 Å². The Morgan fingerprint density at radius 2 is 0.957 bits per heavy atom. The Labute approximate surface area is 273 Å². The predicted octanol–water partition coefficient (Wildman–Crippen LogP) is 12.0. The highest BCUT2D eigenvalue weighted by Gasteiger charge is 2.23. The van der Waals surface area contributed by atoms with Crippen molar-refractivity contribution in [3.63, 3.8) is 0 Å². The number of benzene rings is 3. The van der Waals surface area contributed by atoms with Crippen LogP contribution in [0.15, 0.2) is 54.6 Å². The highest BCUT2D eigenvalue weighted by molar-refractivity contribution is 5.91. The number of ether oxygens (including phenoxy) is 3. The molecule has 0 spiro atoms. The maximum absolute atomic E-state index is 14.5. The minimum atomic E-state index is -1.74. The van der Waals surface area contributed by atoms with Crippen molar-refractivity contribution in [2.24, 2.45) is 0 Å². The molecule has 0 aromatic heterocycles. The maximum Gasteiger partial charge on any atom is 0.343 e. The van der Waals surface area contributed by atoms with E-state index in [-0.39, 0.29) is 12.2 Å². The summed E-state index contributed by atoms with van der Waals surface area (Å²) in [4.78, 5) is 12.8. The molecule has 252 valence electrons. The SMILES string of the molecule is CCCCCCCCCCOc1ccc(-c2ccc(C(=O)Oc3cc(OCCCCCCCCCC)c(F)c(F)c3F)cc2)cc1. The Bertz CT molecular complexity index is 1290. The molecule has 0 fully saturated rings. The minimum absolute atomic E-state index is 0.139. The fourth-order valence-electron chi connectivity index (χ4n) is 5.28. The van der Waals surface area contributed by atoms with Crippen molar-refractivity contribution in [3.05, 3.63) is 77.6 Å². The van der Waals surface area contributed by atoms with Gasteiger partial charge in [-0.05, 0) is 48.2 Å². The molecule has 46 heavy (non-hydrogen) atoms.